The molecule has 0 N–H and O–H groups in total. The molecule has 0 saturated heterocycles. The van der Waals surface area contributed by atoms with Gasteiger partial charge in [0.1, 0.15) is 27.6 Å². The number of hydrogen-bond donors (Lipinski definition) is 0. The third-order valence-corrected chi connectivity index (χ3v) is 25.6. The minimum atomic E-state index is -10.7. The predicted molar refractivity (Wildman–Crippen MR) is 503 cm³/mol. The van der Waals surface area contributed by atoms with Crippen LogP contribution in [0.5, 0.6) is 0 Å². The van der Waals surface area contributed by atoms with E-state index in [2.05, 4.69) is 448 Å². The van der Waals surface area contributed by atoms with Gasteiger partial charge in [-0.05, 0) is 108 Å². The number of benzene rings is 16. The molecule has 0 bridgehead atoms. The molecule has 0 radical (unpaired) electrons. The summed E-state index contributed by atoms with van der Waals surface area (Å²) in [7, 11) is -8.78. The molecule has 0 fully saturated rings. The van der Waals surface area contributed by atoms with E-state index < -0.39 is 23.7 Å². The summed E-state index contributed by atoms with van der Waals surface area (Å²) in [6.45, 7) is 11.6. The zero-order valence-electron chi connectivity index (χ0n) is 68.5. The molecule has 0 aliphatic carbocycles. The SMILES string of the molecule is CC.CC.C[C@H](c1[c-]ccc2ccccc12)N(C)C.F[P-](F)(F)(F)(F)F.[Pd+2].c1ccc(Cn2c(-c3c(P(c4ccccc4)c4ccccc4)ccc4ccccc34)nc(-c3ccccc3)c2-c2ccccc2)cc1.c1ccc(Cn2c(-c3c([PH+](c4ccccc4)c4ccccc4)ccc4ccccc34)nc(-c3ccccc3)c2-c2ccccc2)cc1. The molecule has 18 rings (SSSR count). The van der Waals surface area contributed by atoms with Crippen LogP contribution >= 0.6 is 23.7 Å². The Kier molecular flexibility index (Phi) is 29.6. The Labute approximate surface area is 723 Å². The molecule has 121 heavy (non-hydrogen) atoms. The number of halogens is 6. The molecule has 0 spiro atoms. The van der Waals surface area contributed by atoms with Crippen LogP contribution in [0.4, 0.5) is 25.2 Å². The first-order valence-corrected chi connectivity index (χ1v) is 45.3. The van der Waals surface area contributed by atoms with Crippen LogP contribution in [0.2, 0.25) is 0 Å². The molecule has 610 valence electrons. The van der Waals surface area contributed by atoms with Gasteiger partial charge in [-0.1, -0.05) is 392 Å². The molecule has 0 saturated carbocycles. The van der Waals surface area contributed by atoms with Crippen LogP contribution in [0, 0.1) is 6.07 Å². The quantitative estimate of drug-likeness (QED) is 0.0372. The van der Waals surface area contributed by atoms with E-state index in [-0.39, 0.29) is 20.4 Å². The fourth-order valence-corrected chi connectivity index (χ4v) is 20.2. The molecule has 0 aliphatic heterocycles. The van der Waals surface area contributed by atoms with E-state index in [1.165, 1.54) is 92.0 Å². The Bertz CT molecular complexity index is 5880. The standard InChI is InChI=1S/2C44H33N2P.C14H16N.2C2H6.F6P.Pd/c2*1-6-18-33(19-7-1)32-46-43(36-23-10-3-11-24-36)42(35-21-8-2-9-22-35)45-44(46)41-39-29-17-16-20-34(39)30-31-40(41)47(37-25-12-4-13-26-37)38-27-14-5-15-28-38;1-11(15(2)3)13-10-6-8-12-7-4-5-9-14(12)13;2*1-2;1-7(2,3,4,5)6;/h2*1-31H,32H2;4-9,11H,1-3H3;2*1-2H3;;/q;;-1;;;-1;+2/p+1/t;;11-;;;;/m..1..../s1. The summed E-state index contributed by atoms with van der Waals surface area (Å²) in [6.07, 6.45) is 0. The van der Waals surface area contributed by atoms with Gasteiger partial charge in [0, 0.05) is 46.9 Å². The summed E-state index contributed by atoms with van der Waals surface area (Å²) >= 11 is 0. The van der Waals surface area contributed by atoms with Crippen LogP contribution in [-0.2, 0) is 33.5 Å². The van der Waals surface area contributed by atoms with Crippen LogP contribution < -0.4 is 31.8 Å². The minimum Gasteiger partial charge on any atom is -0.319 e. The molecule has 18 aromatic rings. The Morgan fingerprint density at radius 1 is 0.355 bits per heavy atom. The van der Waals surface area contributed by atoms with Crippen LogP contribution in [-0.4, -0.2) is 38.1 Å². The van der Waals surface area contributed by atoms with Crippen LogP contribution in [0.15, 0.2) is 413 Å². The van der Waals surface area contributed by atoms with Crippen molar-refractivity contribution in [2.45, 2.75) is 53.8 Å². The fraction of sp³-hybridized carbons (Fsp3) is 0.0943. The second-order valence-corrected chi connectivity index (χ2v) is 35.0. The van der Waals surface area contributed by atoms with Crippen molar-refractivity contribution < 1.29 is 45.6 Å². The van der Waals surface area contributed by atoms with Crippen LogP contribution in [0.25, 0.3) is 100 Å². The number of aromatic nitrogens is 4. The van der Waals surface area contributed by atoms with Crippen molar-refractivity contribution in [1.29, 1.82) is 0 Å². The third kappa shape index (κ3) is 22.4. The third-order valence-electron chi connectivity index (χ3n) is 20.4. The van der Waals surface area contributed by atoms with Crippen molar-refractivity contribution >= 4 is 87.8 Å². The molecule has 0 aliphatic rings. The number of fused-ring (bicyclic) bond motifs is 3. The predicted octanol–water partition coefficient (Wildman–Crippen LogP) is 28.1. The molecule has 0 amide bonds. The molecule has 2 aromatic heterocycles. The molecular formula is C106H95F6N5P3Pd+. The van der Waals surface area contributed by atoms with Gasteiger partial charge < -0.3 is 14.0 Å². The zero-order chi connectivity index (χ0) is 84.1. The first-order valence-electron chi connectivity index (χ1n) is 40.4. The molecule has 0 unspecified atom stereocenters. The van der Waals surface area contributed by atoms with Gasteiger partial charge in [-0.3, -0.25) is 0 Å². The zero-order valence-corrected chi connectivity index (χ0v) is 72.8. The van der Waals surface area contributed by atoms with E-state index in [1.54, 1.807) is 0 Å². The summed E-state index contributed by atoms with van der Waals surface area (Å²) in [6, 6.07) is 152. The maximum absolute atomic E-state index is 10.7. The fourth-order valence-electron chi connectivity index (χ4n) is 15.0. The monoisotopic (exact) mass is 1750 g/mol. The van der Waals surface area contributed by atoms with E-state index in [4.69, 9.17) is 9.97 Å². The Hall–Kier alpha value is -11.8. The molecule has 16 aromatic carbocycles. The largest absolute Gasteiger partial charge is 2.00 e. The van der Waals surface area contributed by atoms with Gasteiger partial charge in [-0.2, -0.15) is 18.2 Å². The molecular weight excluding hydrogens is 1660 g/mol. The van der Waals surface area contributed by atoms with E-state index in [0.29, 0.717) is 19.1 Å². The Morgan fingerprint density at radius 2 is 0.661 bits per heavy atom. The molecule has 1 atom stereocenters. The first-order chi connectivity index (χ1) is 58.3. The maximum Gasteiger partial charge on any atom is 2.00 e. The van der Waals surface area contributed by atoms with Crippen molar-refractivity contribution in [2.24, 2.45) is 0 Å². The Balaban J connectivity index is 0.000000171. The topological polar surface area (TPSA) is 38.9 Å². The average molecular weight is 1750 g/mol. The van der Waals surface area contributed by atoms with E-state index in [0.717, 1.165) is 56.7 Å². The summed E-state index contributed by atoms with van der Waals surface area (Å²) in [5.41, 5.74) is 14.9. The van der Waals surface area contributed by atoms with Gasteiger partial charge in [-0.25, -0.2) is 9.97 Å². The second kappa shape index (κ2) is 40.5. The van der Waals surface area contributed by atoms with Crippen LogP contribution in [0.1, 0.15) is 57.4 Å². The van der Waals surface area contributed by atoms with Gasteiger partial charge in [0.15, 0.2) is 0 Å². The van der Waals surface area contributed by atoms with Crippen molar-refractivity contribution in [3.63, 3.8) is 0 Å². The van der Waals surface area contributed by atoms with Gasteiger partial charge in [0.05, 0.1) is 36.3 Å². The molecule has 2 heterocycles. The van der Waals surface area contributed by atoms with E-state index in [9.17, 15) is 25.2 Å². The average Bonchev–Trinajstić information content (AvgIpc) is 1.68. The maximum atomic E-state index is 9.87. The summed E-state index contributed by atoms with van der Waals surface area (Å²) in [5, 5.41) is 15.4. The van der Waals surface area contributed by atoms with E-state index in [1.807, 2.05) is 33.8 Å². The second-order valence-electron chi connectivity index (χ2n) is 28.5. The molecule has 5 nitrogen and oxygen atoms in total. The number of nitrogens with zero attached hydrogens (tertiary/aromatic N) is 5. The summed E-state index contributed by atoms with van der Waals surface area (Å²) in [4.78, 5) is 13.6. The van der Waals surface area contributed by atoms with Crippen molar-refractivity contribution in [2.75, 3.05) is 14.1 Å². The van der Waals surface area contributed by atoms with Crippen molar-refractivity contribution in [3.05, 3.63) is 435 Å². The summed E-state index contributed by atoms with van der Waals surface area (Å²) < 4.78 is 64.1. The van der Waals surface area contributed by atoms with E-state index >= 15 is 0 Å². The van der Waals surface area contributed by atoms with Gasteiger partial charge in [0.2, 0.25) is 0 Å². The van der Waals surface area contributed by atoms with Crippen molar-refractivity contribution in [1.82, 2.24) is 24.0 Å². The number of imidazole rings is 2. The van der Waals surface area contributed by atoms with Gasteiger partial charge in [-0.15, -0.1) is 22.4 Å². The minimum absolute atomic E-state index is 0. The number of rotatable bonds is 18. The van der Waals surface area contributed by atoms with Gasteiger partial charge >= 0.3 is 53.4 Å². The first kappa shape index (κ1) is 88.5. The normalized spacial score (nSPS) is 11.8. The summed E-state index contributed by atoms with van der Waals surface area (Å²) in [5.74, 6) is 1.98. The van der Waals surface area contributed by atoms with Gasteiger partial charge in [0.25, 0.3) is 0 Å². The number of hydrogen-bond acceptors (Lipinski definition) is 3. The van der Waals surface area contributed by atoms with Crippen LogP contribution in [0.3, 0.4) is 0 Å². The molecule has 15 heteroatoms. The van der Waals surface area contributed by atoms with Crippen molar-refractivity contribution in [3.8, 4) is 67.8 Å². The Morgan fingerprint density at radius 3 is 1.05 bits per heavy atom. The smallest absolute Gasteiger partial charge is 0.319 e.